The van der Waals surface area contributed by atoms with Crippen LogP contribution in [0, 0.1) is 5.92 Å². The van der Waals surface area contributed by atoms with Gasteiger partial charge >= 0.3 is 0 Å². The maximum absolute atomic E-state index is 4.28. The van der Waals surface area contributed by atoms with Gasteiger partial charge in [-0.1, -0.05) is 20.8 Å². The molecule has 2 heteroatoms. The van der Waals surface area contributed by atoms with Gasteiger partial charge in [0.15, 0.2) is 0 Å². The standard InChI is InChI=1S/C10H18N2/c1-4-5-12-8-10(7-11-12)6-9(2)3/h7-9H,4-6H2,1-3H3. The molecule has 68 valence electrons. The van der Waals surface area contributed by atoms with Crippen LogP contribution in [0.1, 0.15) is 32.8 Å². The summed E-state index contributed by atoms with van der Waals surface area (Å²) in [4.78, 5) is 0. The molecule has 0 bridgehead atoms. The number of nitrogens with zero attached hydrogens (tertiary/aromatic N) is 2. The van der Waals surface area contributed by atoms with E-state index >= 15 is 0 Å². The molecule has 0 fully saturated rings. The lowest BCUT2D eigenvalue weighted by Gasteiger charge is -1.99. The number of aryl methyl sites for hydroxylation is 1. The van der Waals surface area contributed by atoms with Gasteiger partial charge in [0.05, 0.1) is 6.20 Å². The zero-order chi connectivity index (χ0) is 8.97. The predicted molar refractivity (Wildman–Crippen MR) is 51.1 cm³/mol. The molecular formula is C10H18N2. The summed E-state index contributed by atoms with van der Waals surface area (Å²) in [5, 5.41) is 4.28. The first-order chi connectivity index (χ1) is 5.72. The molecular weight excluding hydrogens is 148 g/mol. The molecule has 0 radical (unpaired) electrons. The van der Waals surface area contributed by atoms with E-state index in [0.29, 0.717) is 0 Å². The van der Waals surface area contributed by atoms with Crippen molar-refractivity contribution in [1.29, 1.82) is 0 Å². The van der Waals surface area contributed by atoms with Crippen LogP contribution in [-0.4, -0.2) is 9.78 Å². The second-order valence-electron chi connectivity index (χ2n) is 3.71. The molecule has 0 aromatic carbocycles. The normalized spacial score (nSPS) is 11.0. The van der Waals surface area contributed by atoms with E-state index < -0.39 is 0 Å². The number of hydrogen-bond donors (Lipinski definition) is 0. The van der Waals surface area contributed by atoms with Crippen LogP contribution in [-0.2, 0) is 13.0 Å². The van der Waals surface area contributed by atoms with Crippen LogP contribution in [0.2, 0.25) is 0 Å². The Hall–Kier alpha value is -0.790. The average Bonchev–Trinajstić information content (AvgIpc) is 2.36. The first-order valence-corrected chi connectivity index (χ1v) is 4.73. The van der Waals surface area contributed by atoms with Gasteiger partial charge in [-0.3, -0.25) is 4.68 Å². The summed E-state index contributed by atoms with van der Waals surface area (Å²) in [6.07, 6.45) is 6.44. The molecule has 0 atom stereocenters. The summed E-state index contributed by atoms with van der Waals surface area (Å²) in [5.41, 5.74) is 1.36. The van der Waals surface area contributed by atoms with Crippen LogP contribution in [0.5, 0.6) is 0 Å². The molecule has 0 aliphatic heterocycles. The van der Waals surface area contributed by atoms with E-state index in [2.05, 4.69) is 32.1 Å². The summed E-state index contributed by atoms with van der Waals surface area (Å²) in [6.45, 7) is 7.68. The summed E-state index contributed by atoms with van der Waals surface area (Å²) in [7, 11) is 0. The Morgan fingerprint density at radius 3 is 2.83 bits per heavy atom. The lowest BCUT2D eigenvalue weighted by Crippen LogP contribution is -1.96. The highest BCUT2D eigenvalue weighted by Gasteiger charge is 2.00. The van der Waals surface area contributed by atoms with Crippen LogP contribution in [0.15, 0.2) is 12.4 Å². The van der Waals surface area contributed by atoms with Crippen LogP contribution >= 0.6 is 0 Å². The molecule has 0 saturated carbocycles. The lowest BCUT2D eigenvalue weighted by molar-refractivity contribution is 0.600. The average molecular weight is 166 g/mol. The second-order valence-corrected chi connectivity index (χ2v) is 3.71. The SMILES string of the molecule is CCCn1cc(CC(C)C)cn1. The van der Waals surface area contributed by atoms with Crippen LogP contribution < -0.4 is 0 Å². The van der Waals surface area contributed by atoms with Crippen molar-refractivity contribution in [3.8, 4) is 0 Å². The van der Waals surface area contributed by atoms with E-state index in [1.807, 2.05) is 10.9 Å². The van der Waals surface area contributed by atoms with Crippen LogP contribution in [0.4, 0.5) is 0 Å². The summed E-state index contributed by atoms with van der Waals surface area (Å²) in [5.74, 6) is 0.726. The molecule has 0 saturated heterocycles. The third kappa shape index (κ3) is 2.68. The maximum atomic E-state index is 4.28. The molecule has 1 aromatic heterocycles. The van der Waals surface area contributed by atoms with Gasteiger partial charge in [-0.25, -0.2) is 0 Å². The molecule has 0 aliphatic carbocycles. The first-order valence-electron chi connectivity index (χ1n) is 4.73. The van der Waals surface area contributed by atoms with Crippen molar-refractivity contribution in [2.24, 2.45) is 5.92 Å². The molecule has 12 heavy (non-hydrogen) atoms. The highest BCUT2D eigenvalue weighted by atomic mass is 15.3. The van der Waals surface area contributed by atoms with Gasteiger partial charge in [0.25, 0.3) is 0 Å². The molecule has 1 aromatic rings. The van der Waals surface area contributed by atoms with Crippen LogP contribution in [0.25, 0.3) is 0 Å². The monoisotopic (exact) mass is 166 g/mol. The smallest absolute Gasteiger partial charge is 0.0521 e. The topological polar surface area (TPSA) is 17.8 Å². The van der Waals surface area contributed by atoms with Gasteiger partial charge in [0, 0.05) is 12.7 Å². The van der Waals surface area contributed by atoms with Crippen molar-refractivity contribution < 1.29 is 0 Å². The molecule has 0 spiro atoms. The van der Waals surface area contributed by atoms with Crippen molar-refractivity contribution in [3.63, 3.8) is 0 Å². The molecule has 0 aliphatic rings. The second kappa shape index (κ2) is 4.29. The predicted octanol–water partition coefficient (Wildman–Crippen LogP) is 2.49. The fourth-order valence-electron chi connectivity index (χ4n) is 1.33. The van der Waals surface area contributed by atoms with E-state index in [9.17, 15) is 0 Å². The third-order valence-electron chi connectivity index (χ3n) is 1.78. The van der Waals surface area contributed by atoms with Crippen molar-refractivity contribution in [1.82, 2.24) is 9.78 Å². The lowest BCUT2D eigenvalue weighted by atomic mass is 10.1. The summed E-state index contributed by atoms with van der Waals surface area (Å²) in [6, 6.07) is 0. The molecule has 1 rings (SSSR count). The van der Waals surface area contributed by atoms with Gasteiger partial charge in [0.1, 0.15) is 0 Å². The van der Waals surface area contributed by atoms with Gasteiger partial charge in [-0.05, 0) is 24.3 Å². The van der Waals surface area contributed by atoms with Gasteiger partial charge in [0.2, 0.25) is 0 Å². The fraction of sp³-hybridized carbons (Fsp3) is 0.700. The molecule has 1 heterocycles. The highest BCUT2D eigenvalue weighted by molar-refractivity contribution is 5.04. The minimum absolute atomic E-state index is 0.726. The summed E-state index contributed by atoms with van der Waals surface area (Å²) < 4.78 is 2.03. The Morgan fingerprint density at radius 1 is 1.50 bits per heavy atom. The van der Waals surface area contributed by atoms with E-state index in [4.69, 9.17) is 0 Å². The summed E-state index contributed by atoms with van der Waals surface area (Å²) >= 11 is 0. The number of hydrogen-bond acceptors (Lipinski definition) is 1. The number of rotatable bonds is 4. The molecule has 0 unspecified atom stereocenters. The Kier molecular flexibility index (Phi) is 3.32. The highest BCUT2D eigenvalue weighted by Crippen LogP contribution is 2.06. The molecule has 0 N–H and O–H groups in total. The maximum Gasteiger partial charge on any atom is 0.0521 e. The fourth-order valence-corrected chi connectivity index (χ4v) is 1.33. The molecule has 2 nitrogen and oxygen atoms in total. The Bertz CT molecular complexity index is 225. The van der Waals surface area contributed by atoms with Gasteiger partial charge < -0.3 is 0 Å². The zero-order valence-electron chi connectivity index (χ0n) is 8.25. The van der Waals surface area contributed by atoms with E-state index in [1.54, 1.807) is 0 Å². The minimum Gasteiger partial charge on any atom is -0.272 e. The minimum atomic E-state index is 0.726. The Labute approximate surface area is 74.6 Å². The van der Waals surface area contributed by atoms with E-state index in [-0.39, 0.29) is 0 Å². The number of aromatic nitrogens is 2. The van der Waals surface area contributed by atoms with Gasteiger partial charge in [-0.15, -0.1) is 0 Å². The van der Waals surface area contributed by atoms with E-state index in [0.717, 1.165) is 25.3 Å². The van der Waals surface area contributed by atoms with Crippen molar-refractivity contribution in [2.75, 3.05) is 0 Å². The molecule has 0 amide bonds. The zero-order valence-corrected chi connectivity index (χ0v) is 8.25. The Morgan fingerprint density at radius 2 is 2.25 bits per heavy atom. The largest absolute Gasteiger partial charge is 0.272 e. The Balaban J connectivity index is 2.52. The van der Waals surface area contributed by atoms with Crippen molar-refractivity contribution in [3.05, 3.63) is 18.0 Å². The first kappa shape index (κ1) is 9.30. The van der Waals surface area contributed by atoms with Gasteiger partial charge in [-0.2, -0.15) is 5.10 Å². The van der Waals surface area contributed by atoms with E-state index in [1.165, 1.54) is 5.56 Å². The third-order valence-corrected chi connectivity index (χ3v) is 1.78. The van der Waals surface area contributed by atoms with Crippen molar-refractivity contribution >= 4 is 0 Å². The van der Waals surface area contributed by atoms with Crippen LogP contribution in [0.3, 0.4) is 0 Å². The van der Waals surface area contributed by atoms with Crippen molar-refractivity contribution in [2.45, 2.75) is 40.2 Å². The quantitative estimate of drug-likeness (QED) is 0.672.